The lowest BCUT2D eigenvalue weighted by Crippen LogP contribution is -2.36. The summed E-state index contributed by atoms with van der Waals surface area (Å²) in [6.07, 6.45) is 6.08. The molecule has 1 aliphatic heterocycles. The van der Waals surface area contributed by atoms with Crippen molar-refractivity contribution < 1.29 is 4.42 Å². The van der Waals surface area contributed by atoms with E-state index >= 15 is 0 Å². The summed E-state index contributed by atoms with van der Waals surface area (Å²) in [7, 11) is 1.77. The van der Waals surface area contributed by atoms with E-state index in [0.717, 1.165) is 30.3 Å². The Bertz CT molecular complexity index is 1030. The number of halogens is 1. The van der Waals surface area contributed by atoms with Crippen molar-refractivity contribution in [2.45, 2.75) is 20.0 Å². The van der Waals surface area contributed by atoms with Crippen molar-refractivity contribution in [1.29, 1.82) is 0 Å². The van der Waals surface area contributed by atoms with E-state index in [-0.39, 0.29) is 24.0 Å². The van der Waals surface area contributed by atoms with Gasteiger partial charge in [-0.3, -0.25) is 4.99 Å². The van der Waals surface area contributed by atoms with E-state index in [1.54, 1.807) is 13.3 Å². The van der Waals surface area contributed by atoms with E-state index in [0.29, 0.717) is 19.0 Å². The van der Waals surface area contributed by atoms with Crippen molar-refractivity contribution in [3.63, 3.8) is 0 Å². The van der Waals surface area contributed by atoms with E-state index in [2.05, 4.69) is 81.0 Å². The molecule has 1 aromatic heterocycles. The molecule has 3 aromatic rings. The number of hydrogen-bond donors (Lipinski definition) is 2. The van der Waals surface area contributed by atoms with Gasteiger partial charge in [0.05, 0.1) is 12.2 Å². The van der Waals surface area contributed by atoms with E-state index in [9.17, 15) is 0 Å². The summed E-state index contributed by atoms with van der Waals surface area (Å²) in [5, 5.41) is 6.66. The molecule has 7 heteroatoms. The first-order valence-corrected chi connectivity index (χ1v) is 10.2. The Kier molecular flexibility index (Phi) is 8.11. The summed E-state index contributed by atoms with van der Waals surface area (Å²) in [6, 6.07) is 16.7. The number of guanidine groups is 1. The van der Waals surface area contributed by atoms with Gasteiger partial charge in [-0.15, -0.1) is 24.0 Å². The fourth-order valence-electron chi connectivity index (χ4n) is 3.35. The molecule has 0 saturated carbocycles. The van der Waals surface area contributed by atoms with E-state index in [1.807, 2.05) is 12.1 Å². The average Bonchev–Trinajstić information content (AvgIpc) is 3.47. The van der Waals surface area contributed by atoms with Gasteiger partial charge >= 0.3 is 0 Å². The lowest BCUT2D eigenvalue weighted by Gasteiger charge is -2.19. The standard InChI is InChI=1S/C24H27N5O.HI/c1-18-8-10-20(11-9-18)23-28-21(17-30-23)16-27-24(25-2)26-15-19-6-5-7-22(14-19)29-12-3-4-13-29;/h3-11,14,17H,12-13,15-16H2,1-2H3,(H2,25,26,27);1H. The number of benzene rings is 2. The van der Waals surface area contributed by atoms with Gasteiger partial charge in [0.15, 0.2) is 5.96 Å². The Hall–Kier alpha value is -2.81. The predicted octanol–water partition coefficient (Wildman–Crippen LogP) is 4.51. The van der Waals surface area contributed by atoms with Gasteiger partial charge in [-0.25, -0.2) is 4.98 Å². The summed E-state index contributed by atoms with van der Waals surface area (Å²) in [5.41, 5.74) is 5.48. The number of hydrogen-bond acceptors (Lipinski definition) is 4. The Labute approximate surface area is 200 Å². The number of aliphatic imine (C=N–C) groups is 1. The molecular formula is C24H28IN5O. The molecule has 0 bridgehead atoms. The molecule has 2 heterocycles. The van der Waals surface area contributed by atoms with Gasteiger partial charge in [-0.2, -0.15) is 0 Å². The Morgan fingerprint density at radius 2 is 1.81 bits per heavy atom. The number of oxazole rings is 1. The number of rotatable bonds is 6. The number of nitrogens with zero attached hydrogens (tertiary/aromatic N) is 3. The van der Waals surface area contributed by atoms with Crippen LogP contribution in [0.5, 0.6) is 0 Å². The van der Waals surface area contributed by atoms with Gasteiger partial charge in [0, 0.05) is 37.9 Å². The van der Waals surface area contributed by atoms with Crippen LogP contribution in [0.4, 0.5) is 5.69 Å². The van der Waals surface area contributed by atoms with E-state index < -0.39 is 0 Å². The third-order valence-electron chi connectivity index (χ3n) is 5.06. The molecule has 0 fully saturated rings. The molecule has 162 valence electrons. The highest BCUT2D eigenvalue weighted by Gasteiger charge is 2.09. The second kappa shape index (κ2) is 11.0. The Morgan fingerprint density at radius 3 is 2.55 bits per heavy atom. The first kappa shape index (κ1) is 22.9. The molecule has 0 atom stereocenters. The minimum absolute atomic E-state index is 0. The maximum absolute atomic E-state index is 5.63. The Balaban J connectivity index is 0.00000272. The summed E-state index contributed by atoms with van der Waals surface area (Å²) >= 11 is 0. The molecule has 0 aliphatic carbocycles. The predicted molar refractivity (Wildman–Crippen MR) is 137 cm³/mol. The average molecular weight is 529 g/mol. The largest absolute Gasteiger partial charge is 0.444 e. The monoisotopic (exact) mass is 529 g/mol. The van der Waals surface area contributed by atoms with Crippen LogP contribution in [0.2, 0.25) is 0 Å². The van der Waals surface area contributed by atoms with Gasteiger partial charge in [0.1, 0.15) is 6.26 Å². The zero-order valence-electron chi connectivity index (χ0n) is 17.8. The second-order valence-electron chi connectivity index (χ2n) is 7.34. The highest BCUT2D eigenvalue weighted by molar-refractivity contribution is 14.0. The van der Waals surface area contributed by atoms with E-state index in [1.165, 1.54) is 16.8 Å². The first-order chi connectivity index (χ1) is 14.7. The minimum atomic E-state index is 0. The maximum Gasteiger partial charge on any atom is 0.226 e. The lowest BCUT2D eigenvalue weighted by molar-refractivity contribution is 0.572. The number of aryl methyl sites for hydroxylation is 1. The van der Waals surface area contributed by atoms with Crippen molar-refractivity contribution in [3.8, 4) is 11.5 Å². The van der Waals surface area contributed by atoms with Crippen molar-refractivity contribution in [3.05, 3.63) is 83.8 Å². The zero-order valence-corrected chi connectivity index (χ0v) is 20.2. The normalized spacial score (nSPS) is 13.2. The van der Waals surface area contributed by atoms with Gasteiger partial charge < -0.3 is 20.0 Å². The highest BCUT2D eigenvalue weighted by Crippen LogP contribution is 2.19. The molecule has 0 unspecified atom stereocenters. The van der Waals surface area contributed by atoms with Crippen LogP contribution in [0.15, 0.2) is 76.4 Å². The number of aromatic nitrogens is 1. The van der Waals surface area contributed by atoms with Gasteiger partial charge in [0.2, 0.25) is 5.89 Å². The van der Waals surface area contributed by atoms with Crippen LogP contribution in [0.3, 0.4) is 0 Å². The van der Waals surface area contributed by atoms with Crippen molar-refractivity contribution in [2.75, 3.05) is 25.0 Å². The smallest absolute Gasteiger partial charge is 0.226 e. The van der Waals surface area contributed by atoms with E-state index in [4.69, 9.17) is 4.42 Å². The Morgan fingerprint density at radius 1 is 1.06 bits per heavy atom. The summed E-state index contributed by atoms with van der Waals surface area (Å²) in [6.45, 7) is 5.24. The van der Waals surface area contributed by atoms with Gasteiger partial charge in [-0.1, -0.05) is 42.0 Å². The third-order valence-corrected chi connectivity index (χ3v) is 5.06. The molecule has 0 saturated heterocycles. The minimum Gasteiger partial charge on any atom is -0.444 e. The summed E-state index contributed by atoms with van der Waals surface area (Å²) < 4.78 is 5.63. The molecule has 0 amide bonds. The van der Waals surface area contributed by atoms with Crippen LogP contribution in [0.25, 0.3) is 11.5 Å². The van der Waals surface area contributed by atoms with Crippen LogP contribution in [-0.4, -0.2) is 31.1 Å². The molecule has 1 aliphatic rings. The van der Waals surface area contributed by atoms with Crippen molar-refractivity contribution >= 4 is 35.6 Å². The van der Waals surface area contributed by atoms with Gasteiger partial charge in [0.25, 0.3) is 0 Å². The zero-order chi connectivity index (χ0) is 20.8. The molecule has 2 aromatic carbocycles. The second-order valence-corrected chi connectivity index (χ2v) is 7.34. The van der Waals surface area contributed by atoms with Crippen LogP contribution >= 0.6 is 24.0 Å². The topological polar surface area (TPSA) is 65.7 Å². The van der Waals surface area contributed by atoms with Crippen LogP contribution < -0.4 is 15.5 Å². The van der Waals surface area contributed by atoms with Crippen LogP contribution in [-0.2, 0) is 13.1 Å². The fourth-order valence-corrected chi connectivity index (χ4v) is 3.35. The van der Waals surface area contributed by atoms with Crippen molar-refractivity contribution in [2.24, 2.45) is 4.99 Å². The molecule has 31 heavy (non-hydrogen) atoms. The highest BCUT2D eigenvalue weighted by atomic mass is 127. The number of nitrogens with one attached hydrogen (secondary N) is 2. The molecule has 0 spiro atoms. The first-order valence-electron chi connectivity index (χ1n) is 10.2. The molecular weight excluding hydrogens is 501 g/mol. The number of anilines is 1. The molecule has 0 radical (unpaired) electrons. The summed E-state index contributed by atoms with van der Waals surface area (Å²) in [4.78, 5) is 11.2. The third kappa shape index (κ3) is 6.10. The van der Waals surface area contributed by atoms with Crippen molar-refractivity contribution in [1.82, 2.24) is 15.6 Å². The quantitative estimate of drug-likeness (QED) is 0.213. The molecule has 6 nitrogen and oxygen atoms in total. The van der Waals surface area contributed by atoms with Crippen LogP contribution in [0, 0.1) is 6.92 Å². The fraction of sp³-hybridized carbons (Fsp3) is 0.250. The van der Waals surface area contributed by atoms with Gasteiger partial charge in [-0.05, 0) is 36.8 Å². The molecule has 2 N–H and O–H groups in total. The lowest BCUT2D eigenvalue weighted by atomic mass is 10.1. The maximum atomic E-state index is 5.63. The van der Waals surface area contributed by atoms with Crippen LogP contribution in [0.1, 0.15) is 16.8 Å². The molecule has 4 rings (SSSR count). The summed E-state index contributed by atoms with van der Waals surface area (Å²) in [5.74, 6) is 1.35. The SMILES string of the molecule is CN=C(NCc1cccc(N2CC=CC2)c1)NCc1coc(-c2ccc(C)cc2)n1.I.